The van der Waals surface area contributed by atoms with Gasteiger partial charge in [0.15, 0.2) is 6.61 Å². The van der Waals surface area contributed by atoms with E-state index in [1.807, 2.05) is 48.5 Å². The van der Waals surface area contributed by atoms with Crippen LogP contribution in [0.4, 0.5) is 0 Å². The molecular formula is C27H38N2O4. The van der Waals surface area contributed by atoms with Gasteiger partial charge in [-0.3, -0.25) is 9.69 Å². The fourth-order valence-corrected chi connectivity index (χ4v) is 3.81. The van der Waals surface area contributed by atoms with Crippen LogP contribution in [0.1, 0.15) is 44.7 Å². The number of rotatable bonds is 10. The van der Waals surface area contributed by atoms with Crippen LogP contribution in [0.15, 0.2) is 48.5 Å². The molecule has 1 fully saturated rings. The summed E-state index contributed by atoms with van der Waals surface area (Å²) in [6.45, 7) is 10.1. The Morgan fingerprint density at radius 1 is 1.06 bits per heavy atom. The number of carbonyl (C=O) groups is 1. The lowest BCUT2D eigenvalue weighted by atomic mass is 9.87. The fraction of sp³-hybridized carbons (Fsp3) is 0.519. The van der Waals surface area contributed by atoms with E-state index in [-0.39, 0.29) is 17.9 Å². The molecule has 1 heterocycles. The van der Waals surface area contributed by atoms with Crippen molar-refractivity contribution in [1.29, 1.82) is 0 Å². The predicted octanol–water partition coefficient (Wildman–Crippen LogP) is 4.17. The molecule has 2 aromatic rings. The number of likely N-dealkylation sites (N-methyl/N-ethyl adjacent to an activating group) is 1. The minimum absolute atomic E-state index is 0.0103. The minimum atomic E-state index is -0.153. The summed E-state index contributed by atoms with van der Waals surface area (Å²) in [5.41, 5.74) is 2.32. The third kappa shape index (κ3) is 8.37. The molecule has 1 amide bonds. The van der Waals surface area contributed by atoms with Crippen molar-refractivity contribution >= 4 is 5.91 Å². The second-order valence-electron chi connectivity index (χ2n) is 9.66. The van der Waals surface area contributed by atoms with Crippen LogP contribution >= 0.6 is 0 Å². The molecule has 3 rings (SSSR count). The van der Waals surface area contributed by atoms with Gasteiger partial charge in [-0.15, -0.1) is 0 Å². The van der Waals surface area contributed by atoms with Crippen molar-refractivity contribution in [2.24, 2.45) is 0 Å². The van der Waals surface area contributed by atoms with Gasteiger partial charge < -0.3 is 19.5 Å². The summed E-state index contributed by atoms with van der Waals surface area (Å²) in [5.74, 6) is 1.36. The molecule has 0 radical (unpaired) electrons. The third-order valence-electron chi connectivity index (χ3n) is 6.01. The van der Waals surface area contributed by atoms with E-state index in [4.69, 9.17) is 14.2 Å². The number of nitrogens with zero attached hydrogens (tertiary/aromatic N) is 1. The van der Waals surface area contributed by atoms with E-state index in [9.17, 15) is 4.79 Å². The summed E-state index contributed by atoms with van der Waals surface area (Å²) in [6.07, 6.45) is 2.16. The zero-order chi connectivity index (χ0) is 23.7. The fourth-order valence-electron chi connectivity index (χ4n) is 3.81. The summed E-state index contributed by atoms with van der Waals surface area (Å²) >= 11 is 0. The first-order chi connectivity index (χ1) is 15.8. The molecule has 0 unspecified atom stereocenters. The van der Waals surface area contributed by atoms with Gasteiger partial charge in [-0.2, -0.15) is 0 Å². The van der Waals surface area contributed by atoms with Crippen LogP contribution < -0.4 is 14.8 Å². The monoisotopic (exact) mass is 454 g/mol. The van der Waals surface area contributed by atoms with E-state index in [1.165, 1.54) is 5.56 Å². The lowest BCUT2D eigenvalue weighted by molar-refractivity contribution is -0.123. The highest BCUT2D eigenvalue weighted by atomic mass is 16.5. The first-order valence-electron chi connectivity index (χ1n) is 11.8. The van der Waals surface area contributed by atoms with E-state index in [0.29, 0.717) is 24.9 Å². The summed E-state index contributed by atoms with van der Waals surface area (Å²) in [5, 5.41) is 2.91. The second kappa shape index (κ2) is 12.1. The highest BCUT2D eigenvalue weighted by Gasteiger charge is 2.18. The van der Waals surface area contributed by atoms with Crippen molar-refractivity contribution in [3.05, 3.63) is 59.7 Å². The molecular weight excluding hydrogens is 416 g/mol. The van der Waals surface area contributed by atoms with Crippen molar-refractivity contribution in [3.63, 3.8) is 0 Å². The lowest BCUT2D eigenvalue weighted by Crippen LogP contribution is -2.38. The standard InChI is InChI=1S/C27H38N2O4/c1-27(2,3)22-8-10-24(11-9-22)33-20-26(30)28-19-21-6-5-7-25(18-21)32-17-14-29(4)23-12-15-31-16-13-23/h5-11,18,23H,12-17,19-20H2,1-4H3,(H,28,30). The first kappa shape index (κ1) is 25.1. The number of benzene rings is 2. The molecule has 0 aromatic heterocycles. The largest absolute Gasteiger partial charge is 0.492 e. The van der Waals surface area contributed by atoms with Crippen molar-refractivity contribution in [2.45, 2.75) is 51.6 Å². The highest BCUT2D eigenvalue weighted by molar-refractivity contribution is 5.77. The quantitative estimate of drug-likeness (QED) is 0.584. The Labute approximate surface area is 198 Å². The molecule has 0 aliphatic carbocycles. The molecule has 6 nitrogen and oxygen atoms in total. The maximum atomic E-state index is 12.2. The Kier molecular flexibility index (Phi) is 9.15. The average Bonchev–Trinajstić information content (AvgIpc) is 2.82. The van der Waals surface area contributed by atoms with Crippen LogP contribution in [-0.4, -0.2) is 56.9 Å². The number of nitrogens with one attached hydrogen (secondary N) is 1. The maximum Gasteiger partial charge on any atom is 0.258 e. The number of hydrogen-bond acceptors (Lipinski definition) is 5. The van der Waals surface area contributed by atoms with Gasteiger partial charge in [0, 0.05) is 32.3 Å². The number of amides is 1. The van der Waals surface area contributed by atoms with Crippen LogP contribution in [0, 0.1) is 0 Å². The minimum Gasteiger partial charge on any atom is -0.492 e. The molecule has 180 valence electrons. The van der Waals surface area contributed by atoms with Gasteiger partial charge in [0.25, 0.3) is 5.91 Å². The molecule has 0 spiro atoms. The summed E-state index contributed by atoms with van der Waals surface area (Å²) < 4.78 is 17.0. The number of carbonyl (C=O) groups excluding carboxylic acids is 1. The van der Waals surface area contributed by atoms with Gasteiger partial charge in [-0.05, 0) is 60.7 Å². The van der Waals surface area contributed by atoms with Crippen LogP contribution in [0.5, 0.6) is 11.5 Å². The Morgan fingerprint density at radius 2 is 1.79 bits per heavy atom. The Hall–Kier alpha value is -2.57. The van der Waals surface area contributed by atoms with Gasteiger partial charge in [-0.1, -0.05) is 45.0 Å². The van der Waals surface area contributed by atoms with Gasteiger partial charge in [0.2, 0.25) is 0 Å². The zero-order valence-corrected chi connectivity index (χ0v) is 20.4. The van der Waals surface area contributed by atoms with Crippen LogP contribution in [-0.2, 0) is 21.5 Å². The van der Waals surface area contributed by atoms with E-state index in [1.54, 1.807) is 0 Å². The van der Waals surface area contributed by atoms with Gasteiger partial charge in [0.05, 0.1) is 0 Å². The number of ether oxygens (including phenoxy) is 3. The number of hydrogen-bond donors (Lipinski definition) is 1. The van der Waals surface area contributed by atoms with Crippen molar-refractivity contribution in [2.75, 3.05) is 40.0 Å². The normalized spacial score (nSPS) is 14.8. The molecule has 33 heavy (non-hydrogen) atoms. The highest BCUT2D eigenvalue weighted by Crippen LogP contribution is 2.24. The molecule has 1 aliphatic rings. The van der Waals surface area contributed by atoms with Gasteiger partial charge in [0.1, 0.15) is 18.1 Å². The summed E-state index contributed by atoms with van der Waals surface area (Å²) in [6, 6.07) is 16.3. The molecule has 0 bridgehead atoms. The molecule has 0 saturated carbocycles. The van der Waals surface area contributed by atoms with Crippen LogP contribution in [0.3, 0.4) is 0 Å². The van der Waals surface area contributed by atoms with Gasteiger partial charge in [-0.25, -0.2) is 0 Å². The van der Waals surface area contributed by atoms with Crippen molar-refractivity contribution in [3.8, 4) is 11.5 Å². The second-order valence-corrected chi connectivity index (χ2v) is 9.66. The molecule has 1 saturated heterocycles. The maximum absolute atomic E-state index is 12.2. The van der Waals surface area contributed by atoms with Crippen molar-refractivity contribution < 1.29 is 19.0 Å². The topological polar surface area (TPSA) is 60.0 Å². The molecule has 2 aromatic carbocycles. The Morgan fingerprint density at radius 3 is 2.48 bits per heavy atom. The zero-order valence-electron chi connectivity index (χ0n) is 20.4. The smallest absolute Gasteiger partial charge is 0.258 e. The lowest BCUT2D eigenvalue weighted by Gasteiger charge is -2.31. The molecule has 6 heteroatoms. The van der Waals surface area contributed by atoms with E-state index >= 15 is 0 Å². The third-order valence-corrected chi connectivity index (χ3v) is 6.01. The van der Waals surface area contributed by atoms with Crippen LogP contribution in [0.2, 0.25) is 0 Å². The van der Waals surface area contributed by atoms with E-state index in [0.717, 1.165) is 43.9 Å². The molecule has 0 atom stereocenters. The van der Waals surface area contributed by atoms with E-state index < -0.39 is 0 Å². The molecule has 1 aliphatic heterocycles. The summed E-state index contributed by atoms with van der Waals surface area (Å²) in [4.78, 5) is 14.6. The van der Waals surface area contributed by atoms with Crippen LogP contribution in [0.25, 0.3) is 0 Å². The Bertz CT molecular complexity index is 870. The SMILES string of the molecule is CN(CCOc1cccc(CNC(=O)COc2ccc(C(C)(C)C)cc2)c1)C1CCOCC1. The van der Waals surface area contributed by atoms with Crippen molar-refractivity contribution in [1.82, 2.24) is 10.2 Å². The predicted molar refractivity (Wildman–Crippen MR) is 131 cm³/mol. The van der Waals surface area contributed by atoms with Gasteiger partial charge >= 0.3 is 0 Å². The average molecular weight is 455 g/mol. The Balaban J connectivity index is 1.37. The van der Waals surface area contributed by atoms with E-state index in [2.05, 4.69) is 38.0 Å². The molecule has 1 N–H and O–H groups in total. The first-order valence-corrected chi connectivity index (χ1v) is 11.8. The summed E-state index contributed by atoms with van der Waals surface area (Å²) in [7, 11) is 2.15.